The molecule has 0 saturated carbocycles. The predicted octanol–water partition coefficient (Wildman–Crippen LogP) is 2.37. The van der Waals surface area contributed by atoms with Crippen LogP contribution in [0.5, 0.6) is 5.75 Å². The second kappa shape index (κ2) is 9.13. The molecule has 1 aliphatic heterocycles. The summed E-state index contributed by atoms with van der Waals surface area (Å²) >= 11 is 0. The number of ether oxygens (including phenoxy) is 1. The van der Waals surface area contributed by atoms with E-state index in [4.69, 9.17) is 9.72 Å². The Balaban J connectivity index is 1.51. The number of hydrogen-bond donors (Lipinski definition) is 1. The van der Waals surface area contributed by atoms with Gasteiger partial charge in [0.05, 0.1) is 13.3 Å². The highest BCUT2D eigenvalue weighted by atomic mass is 16.5. The number of benzene rings is 1. The first-order valence-corrected chi connectivity index (χ1v) is 10.3. The zero-order valence-corrected chi connectivity index (χ0v) is 17.5. The largest absolute Gasteiger partial charge is 0.497 e. The van der Waals surface area contributed by atoms with E-state index in [0.29, 0.717) is 13.0 Å². The van der Waals surface area contributed by atoms with Crippen molar-refractivity contribution in [2.45, 2.75) is 12.8 Å². The maximum absolute atomic E-state index is 12.7. The minimum Gasteiger partial charge on any atom is -0.497 e. The van der Waals surface area contributed by atoms with E-state index in [-0.39, 0.29) is 5.91 Å². The smallest absolute Gasteiger partial charge is 0.224 e. The van der Waals surface area contributed by atoms with Gasteiger partial charge in [0.25, 0.3) is 0 Å². The van der Waals surface area contributed by atoms with Crippen LogP contribution in [0.25, 0.3) is 16.9 Å². The zero-order chi connectivity index (χ0) is 20.9. The molecule has 0 atom stereocenters. The molecular formula is C22H28N6O2. The molecule has 4 rings (SSSR count). The number of aromatic nitrogens is 3. The number of nitrogens with one attached hydrogen (secondary N) is 1. The number of carbonyl (C=O) groups is 1. The van der Waals surface area contributed by atoms with Crippen LogP contribution in [0, 0.1) is 0 Å². The summed E-state index contributed by atoms with van der Waals surface area (Å²) in [6, 6.07) is 7.81. The number of amides is 1. The Kier molecular flexibility index (Phi) is 6.13. The lowest BCUT2D eigenvalue weighted by Crippen LogP contribution is -2.35. The molecule has 0 unspecified atom stereocenters. The van der Waals surface area contributed by atoms with E-state index in [0.717, 1.165) is 61.1 Å². The molecule has 1 aromatic carbocycles. The van der Waals surface area contributed by atoms with E-state index >= 15 is 0 Å². The highest BCUT2D eigenvalue weighted by Crippen LogP contribution is 2.30. The summed E-state index contributed by atoms with van der Waals surface area (Å²) in [5.41, 5.74) is 2.51. The van der Waals surface area contributed by atoms with Crippen molar-refractivity contribution in [1.29, 1.82) is 0 Å². The van der Waals surface area contributed by atoms with Crippen molar-refractivity contribution in [3.8, 4) is 17.0 Å². The summed E-state index contributed by atoms with van der Waals surface area (Å²) in [5.74, 6) is 1.82. The van der Waals surface area contributed by atoms with Gasteiger partial charge in [-0.05, 0) is 32.1 Å². The van der Waals surface area contributed by atoms with E-state index in [1.807, 2.05) is 39.8 Å². The molecule has 3 aromatic rings. The highest BCUT2D eigenvalue weighted by Gasteiger charge is 2.18. The van der Waals surface area contributed by atoms with Gasteiger partial charge in [-0.1, -0.05) is 12.1 Å². The van der Waals surface area contributed by atoms with Gasteiger partial charge < -0.3 is 19.9 Å². The van der Waals surface area contributed by atoms with Gasteiger partial charge in [0.2, 0.25) is 5.91 Å². The number of likely N-dealkylation sites (N-methyl/N-ethyl adjacent to an activating group) is 1. The van der Waals surface area contributed by atoms with Crippen molar-refractivity contribution < 1.29 is 9.53 Å². The van der Waals surface area contributed by atoms with E-state index in [1.54, 1.807) is 19.5 Å². The molecule has 1 fully saturated rings. The van der Waals surface area contributed by atoms with Crippen LogP contribution < -0.4 is 10.1 Å². The number of methoxy groups -OCH3 is 1. The average Bonchev–Trinajstić information content (AvgIpc) is 3.00. The Morgan fingerprint density at radius 3 is 3.00 bits per heavy atom. The standard InChI is InChI=1S/C22H28N6O2/c1-26-10-4-11-27(14-13-26)20(29)7-8-24-22-21(17-5-3-6-18(15-17)30-2)25-19-16-23-9-12-28(19)22/h3,5-6,9,12,15-16,24H,4,7-8,10-11,13-14H2,1-2H3. The summed E-state index contributed by atoms with van der Waals surface area (Å²) in [4.78, 5) is 25.9. The third-order valence-electron chi connectivity index (χ3n) is 5.48. The zero-order valence-electron chi connectivity index (χ0n) is 17.5. The molecular weight excluding hydrogens is 380 g/mol. The van der Waals surface area contributed by atoms with Crippen LogP contribution in [0.15, 0.2) is 42.9 Å². The Labute approximate surface area is 176 Å². The molecule has 158 valence electrons. The number of fused-ring (bicyclic) bond motifs is 1. The second-order valence-corrected chi connectivity index (χ2v) is 7.56. The van der Waals surface area contributed by atoms with Gasteiger partial charge in [0, 0.05) is 50.6 Å². The minimum absolute atomic E-state index is 0.191. The van der Waals surface area contributed by atoms with E-state index in [9.17, 15) is 4.79 Å². The quantitative estimate of drug-likeness (QED) is 0.675. The van der Waals surface area contributed by atoms with Crippen molar-refractivity contribution in [3.05, 3.63) is 42.9 Å². The Morgan fingerprint density at radius 1 is 1.23 bits per heavy atom. The first kappa shape index (κ1) is 20.2. The van der Waals surface area contributed by atoms with Gasteiger partial charge in [-0.15, -0.1) is 0 Å². The van der Waals surface area contributed by atoms with Crippen molar-refractivity contribution in [2.75, 3.05) is 52.2 Å². The second-order valence-electron chi connectivity index (χ2n) is 7.56. The first-order valence-electron chi connectivity index (χ1n) is 10.3. The summed E-state index contributed by atoms with van der Waals surface area (Å²) in [7, 11) is 3.76. The normalized spacial score (nSPS) is 15.2. The lowest BCUT2D eigenvalue weighted by Gasteiger charge is -2.20. The van der Waals surface area contributed by atoms with Crippen LogP contribution in [0.2, 0.25) is 0 Å². The maximum atomic E-state index is 12.7. The lowest BCUT2D eigenvalue weighted by molar-refractivity contribution is -0.130. The molecule has 8 nitrogen and oxygen atoms in total. The van der Waals surface area contributed by atoms with Crippen molar-refractivity contribution in [3.63, 3.8) is 0 Å². The topological polar surface area (TPSA) is 75.0 Å². The molecule has 1 amide bonds. The molecule has 0 bridgehead atoms. The van der Waals surface area contributed by atoms with Gasteiger partial charge in [-0.2, -0.15) is 0 Å². The van der Waals surface area contributed by atoms with Crippen molar-refractivity contribution >= 4 is 17.4 Å². The Morgan fingerprint density at radius 2 is 2.13 bits per heavy atom. The summed E-state index contributed by atoms with van der Waals surface area (Å²) in [6.45, 7) is 4.14. The molecule has 2 aromatic heterocycles. The van der Waals surface area contributed by atoms with Crippen LogP contribution in [0.1, 0.15) is 12.8 Å². The molecule has 8 heteroatoms. The maximum Gasteiger partial charge on any atom is 0.224 e. The Bertz CT molecular complexity index is 1020. The fraction of sp³-hybridized carbons (Fsp3) is 0.409. The molecule has 0 spiro atoms. The van der Waals surface area contributed by atoms with Gasteiger partial charge in [-0.25, -0.2) is 4.98 Å². The molecule has 3 heterocycles. The lowest BCUT2D eigenvalue weighted by atomic mass is 10.1. The van der Waals surface area contributed by atoms with Crippen molar-refractivity contribution in [1.82, 2.24) is 24.2 Å². The summed E-state index contributed by atoms with van der Waals surface area (Å²) < 4.78 is 7.33. The number of imidazole rings is 1. The van der Waals surface area contributed by atoms with Gasteiger partial charge in [0.15, 0.2) is 5.65 Å². The van der Waals surface area contributed by atoms with Gasteiger partial charge in [0.1, 0.15) is 17.3 Å². The van der Waals surface area contributed by atoms with Gasteiger partial charge in [-0.3, -0.25) is 14.2 Å². The molecule has 30 heavy (non-hydrogen) atoms. The SMILES string of the molecule is COc1cccc(-c2nc3cnccn3c2NCCC(=O)N2CCCN(C)CC2)c1. The number of rotatable bonds is 6. The van der Waals surface area contributed by atoms with E-state index < -0.39 is 0 Å². The molecule has 1 aliphatic rings. The van der Waals surface area contributed by atoms with Crippen LogP contribution >= 0.6 is 0 Å². The Hall–Kier alpha value is -3.13. The van der Waals surface area contributed by atoms with Crippen LogP contribution in [-0.2, 0) is 4.79 Å². The van der Waals surface area contributed by atoms with E-state index in [2.05, 4.69) is 22.2 Å². The molecule has 1 N–H and O–H groups in total. The average molecular weight is 409 g/mol. The number of carbonyl (C=O) groups excluding carboxylic acids is 1. The predicted molar refractivity (Wildman–Crippen MR) is 117 cm³/mol. The summed E-state index contributed by atoms with van der Waals surface area (Å²) in [6.07, 6.45) is 6.80. The molecule has 0 aliphatic carbocycles. The number of hydrogen-bond acceptors (Lipinski definition) is 6. The van der Waals surface area contributed by atoms with Crippen molar-refractivity contribution in [2.24, 2.45) is 0 Å². The number of nitrogens with zero attached hydrogens (tertiary/aromatic N) is 5. The van der Waals surface area contributed by atoms with Crippen LogP contribution in [-0.4, -0.2) is 77.0 Å². The fourth-order valence-corrected chi connectivity index (χ4v) is 3.79. The molecule has 0 radical (unpaired) electrons. The molecule has 1 saturated heterocycles. The number of anilines is 1. The fourth-order valence-electron chi connectivity index (χ4n) is 3.79. The van der Waals surface area contributed by atoms with Gasteiger partial charge >= 0.3 is 0 Å². The highest BCUT2D eigenvalue weighted by molar-refractivity contribution is 5.79. The third-order valence-corrected chi connectivity index (χ3v) is 5.48. The minimum atomic E-state index is 0.191. The van der Waals surface area contributed by atoms with Crippen LogP contribution in [0.3, 0.4) is 0 Å². The first-order chi connectivity index (χ1) is 14.7. The van der Waals surface area contributed by atoms with E-state index in [1.165, 1.54) is 0 Å². The third kappa shape index (κ3) is 4.38. The monoisotopic (exact) mass is 408 g/mol. The summed E-state index contributed by atoms with van der Waals surface area (Å²) in [5, 5.41) is 3.44. The van der Waals surface area contributed by atoms with Crippen LogP contribution in [0.4, 0.5) is 5.82 Å².